The van der Waals surface area contributed by atoms with Crippen LogP contribution in [0.1, 0.15) is 22.9 Å². The number of carbonyl (C=O) groups is 2. The van der Waals surface area contributed by atoms with E-state index in [0.717, 1.165) is 11.3 Å². The molecule has 0 saturated heterocycles. The summed E-state index contributed by atoms with van der Waals surface area (Å²) in [6, 6.07) is 13.6. The molecule has 132 valence electrons. The summed E-state index contributed by atoms with van der Waals surface area (Å²) in [5.74, 6) is -0.145. The number of hydrogen-bond acceptors (Lipinski definition) is 4. The summed E-state index contributed by atoms with van der Waals surface area (Å²) in [5, 5.41) is 12.0. The van der Waals surface area contributed by atoms with Gasteiger partial charge >= 0.3 is 0 Å². The molecule has 0 bridgehead atoms. The van der Waals surface area contributed by atoms with Crippen molar-refractivity contribution in [3.8, 4) is 0 Å². The minimum absolute atomic E-state index is 0.147. The van der Waals surface area contributed by atoms with Gasteiger partial charge in [0, 0.05) is 18.0 Å². The summed E-state index contributed by atoms with van der Waals surface area (Å²) in [6.07, 6.45) is 3.35. The molecule has 26 heavy (non-hydrogen) atoms. The first-order chi connectivity index (χ1) is 12.6. The van der Waals surface area contributed by atoms with Crippen molar-refractivity contribution in [1.29, 1.82) is 0 Å². The number of aromatic amines is 1. The maximum atomic E-state index is 12.7. The maximum absolute atomic E-state index is 12.7. The topological polar surface area (TPSA) is 99.8 Å². The molecule has 7 heteroatoms. The molecule has 0 fully saturated rings. The second kappa shape index (κ2) is 8.06. The van der Waals surface area contributed by atoms with Crippen LogP contribution < -0.4 is 10.6 Å². The maximum Gasteiger partial charge on any atom is 0.252 e. The predicted octanol–water partition coefficient (Wildman–Crippen LogP) is 2.15. The molecule has 0 saturated carbocycles. The third kappa shape index (κ3) is 4.54. The van der Waals surface area contributed by atoms with Crippen LogP contribution in [0.25, 0.3) is 0 Å². The largest absolute Gasteiger partial charge is 0.340 e. The average Bonchev–Trinajstić information content (AvgIpc) is 3.15. The van der Waals surface area contributed by atoms with Gasteiger partial charge in [-0.15, -0.1) is 0 Å². The number of anilines is 1. The molecular formula is C19H19N5O2. The summed E-state index contributed by atoms with van der Waals surface area (Å²) in [4.78, 5) is 29.3. The zero-order chi connectivity index (χ0) is 18.4. The highest BCUT2D eigenvalue weighted by molar-refractivity contribution is 5.97. The van der Waals surface area contributed by atoms with Gasteiger partial charge in [0.25, 0.3) is 5.91 Å². The highest BCUT2D eigenvalue weighted by Gasteiger charge is 2.23. The van der Waals surface area contributed by atoms with Gasteiger partial charge in [0.15, 0.2) is 0 Å². The van der Waals surface area contributed by atoms with Gasteiger partial charge in [-0.25, -0.2) is 0 Å². The van der Waals surface area contributed by atoms with Crippen LogP contribution >= 0.6 is 0 Å². The van der Waals surface area contributed by atoms with Gasteiger partial charge in [-0.2, -0.15) is 5.10 Å². The van der Waals surface area contributed by atoms with Crippen LogP contribution in [0.15, 0.2) is 60.9 Å². The molecular weight excluding hydrogens is 330 g/mol. The van der Waals surface area contributed by atoms with Gasteiger partial charge in [-0.3, -0.25) is 19.7 Å². The predicted molar refractivity (Wildman–Crippen MR) is 97.2 cm³/mol. The Kier molecular flexibility index (Phi) is 5.38. The molecule has 2 heterocycles. The summed E-state index contributed by atoms with van der Waals surface area (Å²) >= 11 is 0. The van der Waals surface area contributed by atoms with Crippen molar-refractivity contribution in [3.05, 3.63) is 77.7 Å². The quantitative estimate of drug-likeness (QED) is 0.635. The number of rotatable bonds is 6. The van der Waals surface area contributed by atoms with Crippen molar-refractivity contribution < 1.29 is 9.59 Å². The standard InChI is InChI=1S/C19H19N5O2/c1-13-7-8-14(12-20-13)11-17(25)23-18(15-5-3-2-4-6-15)19(26)22-16-9-10-21-24-16/h2-10,12,18H,11H2,1H3,(H,23,25)(H2,21,22,24,26)/t18-/m1/s1. The number of nitrogens with zero attached hydrogens (tertiary/aromatic N) is 2. The van der Waals surface area contributed by atoms with Gasteiger partial charge in [-0.1, -0.05) is 36.4 Å². The normalized spacial score (nSPS) is 11.6. The van der Waals surface area contributed by atoms with E-state index >= 15 is 0 Å². The lowest BCUT2D eigenvalue weighted by atomic mass is 10.1. The van der Waals surface area contributed by atoms with Crippen LogP contribution in [0.3, 0.4) is 0 Å². The number of amides is 2. The van der Waals surface area contributed by atoms with Gasteiger partial charge in [0.1, 0.15) is 11.9 Å². The molecule has 0 spiro atoms. The summed E-state index contributed by atoms with van der Waals surface area (Å²) in [5.41, 5.74) is 2.36. The van der Waals surface area contributed by atoms with Crippen LogP contribution in [0.5, 0.6) is 0 Å². The van der Waals surface area contributed by atoms with Crippen molar-refractivity contribution in [2.45, 2.75) is 19.4 Å². The molecule has 2 aromatic heterocycles. The smallest absolute Gasteiger partial charge is 0.252 e. The van der Waals surface area contributed by atoms with Crippen LogP contribution in [0.2, 0.25) is 0 Å². The Hall–Kier alpha value is -3.48. The Morgan fingerprint density at radius 1 is 1.12 bits per heavy atom. The average molecular weight is 349 g/mol. The Bertz CT molecular complexity index is 861. The van der Waals surface area contributed by atoms with E-state index in [1.807, 2.05) is 37.3 Å². The van der Waals surface area contributed by atoms with Crippen LogP contribution in [0, 0.1) is 6.92 Å². The zero-order valence-corrected chi connectivity index (χ0v) is 14.3. The Morgan fingerprint density at radius 2 is 1.92 bits per heavy atom. The third-order valence-electron chi connectivity index (χ3n) is 3.80. The SMILES string of the molecule is Cc1ccc(CC(=O)N[C@@H](C(=O)Nc2ccn[nH]2)c2ccccc2)cn1. The first kappa shape index (κ1) is 17.3. The molecule has 0 aliphatic carbocycles. The van der Waals surface area contributed by atoms with E-state index in [4.69, 9.17) is 0 Å². The number of H-pyrrole nitrogens is 1. The van der Waals surface area contributed by atoms with E-state index in [9.17, 15) is 9.59 Å². The zero-order valence-electron chi connectivity index (χ0n) is 14.3. The molecule has 0 unspecified atom stereocenters. The number of aromatic nitrogens is 3. The van der Waals surface area contributed by atoms with Crippen molar-refractivity contribution >= 4 is 17.6 Å². The fourth-order valence-electron chi connectivity index (χ4n) is 2.48. The molecule has 0 aliphatic rings. The van der Waals surface area contributed by atoms with Gasteiger partial charge in [0.2, 0.25) is 5.91 Å². The van der Waals surface area contributed by atoms with E-state index in [2.05, 4.69) is 25.8 Å². The molecule has 7 nitrogen and oxygen atoms in total. The van der Waals surface area contributed by atoms with Gasteiger partial charge in [-0.05, 0) is 24.1 Å². The summed E-state index contributed by atoms with van der Waals surface area (Å²) in [6.45, 7) is 1.88. The fraction of sp³-hybridized carbons (Fsp3) is 0.158. The molecule has 0 aliphatic heterocycles. The first-order valence-corrected chi connectivity index (χ1v) is 8.18. The highest BCUT2D eigenvalue weighted by Crippen LogP contribution is 2.15. The molecule has 0 radical (unpaired) electrons. The van der Waals surface area contributed by atoms with Crippen LogP contribution in [-0.4, -0.2) is 27.0 Å². The molecule has 1 atom stereocenters. The monoisotopic (exact) mass is 349 g/mol. The highest BCUT2D eigenvalue weighted by atomic mass is 16.2. The van der Waals surface area contributed by atoms with Crippen molar-refractivity contribution in [1.82, 2.24) is 20.5 Å². The number of hydrogen-bond donors (Lipinski definition) is 3. The lowest BCUT2D eigenvalue weighted by molar-refractivity contribution is -0.126. The molecule has 2 amide bonds. The van der Waals surface area contributed by atoms with E-state index in [1.54, 1.807) is 24.4 Å². The van der Waals surface area contributed by atoms with Gasteiger partial charge < -0.3 is 10.6 Å². The summed E-state index contributed by atoms with van der Waals surface area (Å²) < 4.78 is 0. The van der Waals surface area contributed by atoms with Gasteiger partial charge in [0.05, 0.1) is 12.6 Å². The van der Waals surface area contributed by atoms with Crippen LogP contribution in [-0.2, 0) is 16.0 Å². The second-order valence-electron chi connectivity index (χ2n) is 5.86. The van der Waals surface area contributed by atoms with Crippen molar-refractivity contribution in [3.63, 3.8) is 0 Å². The Balaban J connectivity index is 1.73. The molecule has 3 aromatic rings. The fourth-order valence-corrected chi connectivity index (χ4v) is 2.48. The number of benzene rings is 1. The number of carbonyl (C=O) groups excluding carboxylic acids is 2. The third-order valence-corrected chi connectivity index (χ3v) is 3.80. The lowest BCUT2D eigenvalue weighted by Crippen LogP contribution is -2.37. The first-order valence-electron chi connectivity index (χ1n) is 8.18. The molecule has 3 N–H and O–H groups in total. The van der Waals surface area contributed by atoms with Crippen molar-refractivity contribution in [2.24, 2.45) is 0 Å². The molecule has 3 rings (SSSR count). The number of nitrogens with one attached hydrogen (secondary N) is 3. The van der Waals surface area contributed by atoms with Crippen LogP contribution in [0.4, 0.5) is 5.82 Å². The van der Waals surface area contributed by atoms with Crippen molar-refractivity contribution in [2.75, 3.05) is 5.32 Å². The van der Waals surface area contributed by atoms with E-state index in [1.165, 1.54) is 6.20 Å². The van der Waals surface area contributed by atoms with E-state index < -0.39 is 6.04 Å². The van der Waals surface area contributed by atoms with E-state index in [0.29, 0.717) is 11.4 Å². The lowest BCUT2D eigenvalue weighted by Gasteiger charge is -2.18. The number of pyridine rings is 1. The van der Waals surface area contributed by atoms with E-state index in [-0.39, 0.29) is 18.2 Å². The molecule has 1 aromatic carbocycles. The Morgan fingerprint density at radius 3 is 2.58 bits per heavy atom. The summed E-state index contributed by atoms with van der Waals surface area (Å²) in [7, 11) is 0. The second-order valence-corrected chi connectivity index (χ2v) is 5.86. The minimum Gasteiger partial charge on any atom is -0.340 e. The minimum atomic E-state index is -0.814. The number of aryl methyl sites for hydroxylation is 1. The Labute approximate surface area is 150 Å².